The third kappa shape index (κ3) is 7.86. The summed E-state index contributed by atoms with van der Waals surface area (Å²) in [7, 11) is -2.25. The molecule has 0 aliphatic rings. The molecule has 0 fully saturated rings. The minimum atomic E-state index is -3.81. The summed E-state index contributed by atoms with van der Waals surface area (Å²) < 4.78 is 31.5. The summed E-state index contributed by atoms with van der Waals surface area (Å²) in [5.41, 5.74) is 1.85. The second-order valence-electron chi connectivity index (χ2n) is 8.29. The normalized spacial score (nSPS) is 12.1. The summed E-state index contributed by atoms with van der Waals surface area (Å²) in [6.45, 7) is 5.71. The van der Waals surface area contributed by atoms with E-state index in [2.05, 4.69) is 5.32 Å². The molecule has 192 valence electrons. The van der Waals surface area contributed by atoms with E-state index in [4.69, 9.17) is 16.3 Å². The van der Waals surface area contributed by atoms with Crippen LogP contribution >= 0.6 is 11.6 Å². The molecule has 0 saturated heterocycles. The third-order valence-electron chi connectivity index (χ3n) is 5.57. The van der Waals surface area contributed by atoms with Crippen LogP contribution in [-0.4, -0.2) is 57.6 Å². The number of rotatable bonds is 12. The largest absolute Gasteiger partial charge is 0.497 e. The van der Waals surface area contributed by atoms with Crippen LogP contribution in [0.5, 0.6) is 5.75 Å². The molecular formula is C25H34ClN3O5S. The quantitative estimate of drug-likeness (QED) is 0.457. The molecule has 0 saturated carbocycles. The van der Waals surface area contributed by atoms with Gasteiger partial charge in [-0.2, -0.15) is 0 Å². The van der Waals surface area contributed by atoms with Gasteiger partial charge in [0.05, 0.1) is 19.1 Å². The lowest BCUT2D eigenvalue weighted by molar-refractivity contribution is -0.140. The first-order chi connectivity index (χ1) is 16.5. The number of carbonyl (C=O) groups excluding carboxylic acids is 2. The maximum atomic E-state index is 13.6. The molecule has 0 spiro atoms. The summed E-state index contributed by atoms with van der Waals surface area (Å²) in [6.07, 6.45) is 2.16. The molecule has 1 unspecified atom stereocenters. The van der Waals surface area contributed by atoms with Crippen LogP contribution in [0.25, 0.3) is 0 Å². The number of amides is 2. The maximum Gasteiger partial charge on any atom is 0.244 e. The van der Waals surface area contributed by atoms with Crippen LogP contribution in [0.2, 0.25) is 5.02 Å². The van der Waals surface area contributed by atoms with E-state index in [9.17, 15) is 18.0 Å². The molecule has 0 radical (unpaired) electrons. The van der Waals surface area contributed by atoms with Gasteiger partial charge in [-0.1, -0.05) is 43.6 Å². The van der Waals surface area contributed by atoms with Gasteiger partial charge >= 0.3 is 0 Å². The summed E-state index contributed by atoms with van der Waals surface area (Å²) in [6, 6.07) is 11.2. The number of sulfonamides is 1. The van der Waals surface area contributed by atoms with Gasteiger partial charge in [0, 0.05) is 18.1 Å². The predicted octanol–water partition coefficient (Wildman–Crippen LogP) is 3.76. The number of carbonyl (C=O) groups is 2. The Kier molecular flexibility index (Phi) is 10.4. The highest BCUT2D eigenvalue weighted by Gasteiger charge is 2.31. The molecule has 10 heteroatoms. The van der Waals surface area contributed by atoms with Crippen molar-refractivity contribution in [2.24, 2.45) is 0 Å². The van der Waals surface area contributed by atoms with E-state index >= 15 is 0 Å². The van der Waals surface area contributed by atoms with Crippen LogP contribution in [0.4, 0.5) is 5.69 Å². The molecular weight excluding hydrogens is 490 g/mol. The SMILES string of the molecule is CCCNC(=O)C(CC)N(Cc1ccc(OC)cc1)C(=O)CN(c1ccc(C)c(Cl)c1)S(C)(=O)=O. The van der Waals surface area contributed by atoms with E-state index in [0.29, 0.717) is 23.7 Å². The number of benzene rings is 2. The van der Waals surface area contributed by atoms with E-state index < -0.39 is 28.5 Å². The lowest BCUT2D eigenvalue weighted by Crippen LogP contribution is -2.52. The van der Waals surface area contributed by atoms with E-state index in [-0.39, 0.29) is 18.1 Å². The number of ether oxygens (including phenoxy) is 1. The number of halogens is 1. The molecule has 0 aliphatic carbocycles. The van der Waals surface area contributed by atoms with Crippen LogP contribution in [0.3, 0.4) is 0 Å². The molecule has 2 aromatic rings. The zero-order chi connectivity index (χ0) is 26.2. The maximum absolute atomic E-state index is 13.6. The van der Waals surface area contributed by atoms with Crippen molar-refractivity contribution in [2.45, 2.75) is 46.2 Å². The van der Waals surface area contributed by atoms with Crippen molar-refractivity contribution in [3.05, 3.63) is 58.6 Å². The first-order valence-electron chi connectivity index (χ1n) is 11.5. The molecule has 2 amide bonds. The Morgan fingerprint density at radius 1 is 1.11 bits per heavy atom. The molecule has 0 bridgehead atoms. The van der Waals surface area contributed by atoms with Crippen LogP contribution in [0.1, 0.15) is 37.8 Å². The minimum Gasteiger partial charge on any atom is -0.497 e. The van der Waals surface area contributed by atoms with Crippen molar-refractivity contribution in [3.8, 4) is 5.75 Å². The monoisotopic (exact) mass is 523 g/mol. The minimum absolute atomic E-state index is 0.132. The number of methoxy groups -OCH3 is 1. The van der Waals surface area contributed by atoms with Gasteiger partial charge in [0.15, 0.2) is 0 Å². The number of aryl methyl sites for hydroxylation is 1. The molecule has 35 heavy (non-hydrogen) atoms. The van der Waals surface area contributed by atoms with E-state index in [1.807, 2.05) is 26.0 Å². The Morgan fingerprint density at radius 3 is 2.29 bits per heavy atom. The van der Waals surface area contributed by atoms with Gasteiger partial charge in [-0.25, -0.2) is 8.42 Å². The molecule has 2 aromatic carbocycles. The van der Waals surface area contributed by atoms with E-state index in [1.54, 1.807) is 38.3 Å². The summed E-state index contributed by atoms with van der Waals surface area (Å²) in [4.78, 5) is 28.0. The molecule has 0 aliphatic heterocycles. The molecule has 1 atom stereocenters. The first-order valence-corrected chi connectivity index (χ1v) is 13.7. The lowest BCUT2D eigenvalue weighted by atomic mass is 10.1. The number of hydrogen-bond donors (Lipinski definition) is 1. The van der Waals surface area contributed by atoms with Crippen molar-refractivity contribution in [1.82, 2.24) is 10.2 Å². The average molecular weight is 524 g/mol. The topological polar surface area (TPSA) is 96.0 Å². The Bertz CT molecular complexity index is 1120. The molecule has 0 aromatic heterocycles. The standard InChI is InChI=1S/C25H34ClN3O5S/c1-6-14-27-25(31)23(7-2)28(16-19-9-12-21(34-4)13-10-19)24(30)17-29(35(5,32)33)20-11-8-18(3)22(26)15-20/h8-13,15,23H,6-7,14,16-17H2,1-5H3,(H,27,31). The molecule has 2 rings (SSSR count). The fraction of sp³-hybridized carbons (Fsp3) is 0.440. The number of nitrogens with one attached hydrogen (secondary N) is 1. The Hall–Kier alpha value is -2.78. The summed E-state index contributed by atoms with van der Waals surface area (Å²) in [5, 5.41) is 3.24. The summed E-state index contributed by atoms with van der Waals surface area (Å²) in [5.74, 6) is -0.110. The first kappa shape index (κ1) is 28.5. The number of nitrogens with zero attached hydrogens (tertiary/aromatic N) is 2. The molecule has 1 N–H and O–H groups in total. The van der Waals surface area contributed by atoms with Crippen molar-refractivity contribution < 1.29 is 22.7 Å². The fourth-order valence-electron chi connectivity index (χ4n) is 3.56. The van der Waals surface area contributed by atoms with Gasteiger partial charge < -0.3 is 15.0 Å². The molecule has 0 heterocycles. The van der Waals surface area contributed by atoms with Crippen molar-refractivity contribution in [2.75, 3.05) is 30.8 Å². The van der Waals surface area contributed by atoms with Gasteiger partial charge in [-0.3, -0.25) is 13.9 Å². The number of anilines is 1. The fourth-order valence-corrected chi connectivity index (χ4v) is 4.58. The smallest absolute Gasteiger partial charge is 0.244 e. The number of hydrogen-bond acceptors (Lipinski definition) is 5. The molecule has 8 nitrogen and oxygen atoms in total. The van der Waals surface area contributed by atoms with Crippen molar-refractivity contribution >= 4 is 39.1 Å². The van der Waals surface area contributed by atoms with Crippen LogP contribution < -0.4 is 14.4 Å². The Balaban J connectivity index is 2.43. The van der Waals surface area contributed by atoms with Gasteiger partial charge in [0.25, 0.3) is 0 Å². The van der Waals surface area contributed by atoms with E-state index in [1.165, 1.54) is 11.0 Å². The van der Waals surface area contributed by atoms with Crippen LogP contribution in [0.15, 0.2) is 42.5 Å². The zero-order valence-corrected chi connectivity index (χ0v) is 22.4. The predicted molar refractivity (Wildman–Crippen MR) is 139 cm³/mol. The van der Waals surface area contributed by atoms with Gasteiger partial charge in [-0.05, 0) is 55.2 Å². The van der Waals surface area contributed by atoms with Crippen molar-refractivity contribution in [1.29, 1.82) is 0 Å². The Labute approximate surface area is 213 Å². The van der Waals surface area contributed by atoms with Crippen molar-refractivity contribution in [3.63, 3.8) is 0 Å². The average Bonchev–Trinajstić information content (AvgIpc) is 2.82. The van der Waals surface area contributed by atoms with Crippen LogP contribution in [-0.2, 0) is 26.2 Å². The van der Waals surface area contributed by atoms with E-state index in [0.717, 1.165) is 28.1 Å². The van der Waals surface area contributed by atoms with Crippen LogP contribution in [0, 0.1) is 6.92 Å². The third-order valence-corrected chi connectivity index (χ3v) is 7.12. The van der Waals surface area contributed by atoms with Gasteiger partial charge in [0.2, 0.25) is 21.8 Å². The Morgan fingerprint density at radius 2 is 1.77 bits per heavy atom. The lowest BCUT2D eigenvalue weighted by Gasteiger charge is -2.33. The summed E-state index contributed by atoms with van der Waals surface area (Å²) >= 11 is 6.22. The zero-order valence-electron chi connectivity index (χ0n) is 20.9. The highest BCUT2D eigenvalue weighted by Crippen LogP contribution is 2.25. The second kappa shape index (κ2) is 12.8. The van der Waals surface area contributed by atoms with Gasteiger partial charge in [-0.15, -0.1) is 0 Å². The highest BCUT2D eigenvalue weighted by molar-refractivity contribution is 7.92. The second-order valence-corrected chi connectivity index (χ2v) is 10.6. The van der Waals surface area contributed by atoms with Gasteiger partial charge in [0.1, 0.15) is 18.3 Å². The highest BCUT2D eigenvalue weighted by atomic mass is 35.5.